The van der Waals surface area contributed by atoms with Crippen molar-refractivity contribution in [2.75, 3.05) is 0 Å². The van der Waals surface area contributed by atoms with Gasteiger partial charge in [0.25, 0.3) is 5.56 Å². The van der Waals surface area contributed by atoms with Crippen molar-refractivity contribution in [2.45, 2.75) is 17.6 Å². The minimum atomic E-state index is -0.233. The molecule has 0 saturated heterocycles. The minimum absolute atomic E-state index is 0.233. The van der Waals surface area contributed by atoms with E-state index in [2.05, 4.69) is 15.3 Å². The molecule has 0 unspecified atom stereocenters. The first-order valence-corrected chi connectivity index (χ1v) is 10.7. The van der Waals surface area contributed by atoms with Gasteiger partial charge in [0.05, 0.1) is 17.1 Å². The summed E-state index contributed by atoms with van der Waals surface area (Å²) in [5.74, 6) is 0.541. The number of aromatic nitrogens is 2. The van der Waals surface area contributed by atoms with Crippen molar-refractivity contribution in [3.05, 3.63) is 105 Å². The number of para-hydroxylation sites is 1. The van der Waals surface area contributed by atoms with E-state index in [-0.39, 0.29) is 5.56 Å². The average molecular weight is 435 g/mol. The maximum Gasteiger partial charge on any atom is 0.299 e. The summed E-state index contributed by atoms with van der Waals surface area (Å²) in [6.07, 6.45) is 0. The molecule has 1 N–H and O–H groups in total. The SMILES string of the molecule is Cc1ccc(N=Nc2c(CSc3ccc(Cl)cc3)[nH]n(-c3ccccc3)c2=O)cc1. The summed E-state index contributed by atoms with van der Waals surface area (Å²) < 4.78 is 1.50. The quantitative estimate of drug-likeness (QED) is 0.267. The first-order valence-electron chi connectivity index (χ1n) is 9.36. The summed E-state index contributed by atoms with van der Waals surface area (Å²) in [6, 6.07) is 24.7. The number of aromatic amines is 1. The van der Waals surface area contributed by atoms with Gasteiger partial charge in [-0.05, 0) is 55.5 Å². The van der Waals surface area contributed by atoms with E-state index in [1.165, 1.54) is 4.68 Å². The van der Waals surface area contributed by atoms with Crippen LogP contribution < -0.4 is 5.56 Å². The van der Waals surface area contributed by atoms with Crippen LogP contribution in [0.4, 0.5) is 11.4 Å². The number of hydrogen-bond donors (Lipinski definition) is 1. The van der Waals surface area contributed by atoms with Gasteiger partial charge in [-0.1, -0.05) is 47.5 Å². The van der Waals surface area contributed by atoms with E-state index in [0.717, 1.165) is 16.1 Å². The van der Waals surface area contributed by atoms with E-state index in [4.69, 9.17) is 11.6 Å². The topological polar surface area (TPSA) is 62.5 Å². The van der Waals surface area contributed by atoms with Crippen LogP contribution in [0, 0.1) is 6.92 Å². The second kappa shape index (κ2) is 9.15. The summed E-state index contributed by atoms with van der Waals surface area (Å²) in [6.45, 7) is 2.01. The molecule has 4 rings (SSSR count). The Kier molecular flexibility index (Phi) is 6.16. The Morgan fingerprint density at radius 2 is 1.63 bits per heavy atom. The van der Waals surface area contributed by atoms with Crippen molar-refractivity contribution >= 4 is 34.7 Å². The Morgan fingerprint density at radius 1 is 0.933 bits per heavy atom. The lowest BCUT2D eigenvalue weighted by molar-refractivity contribution is 0.833. The van der Waals surface area contributed by atoms with Gasteiger partial charge in [-0.25, -0.2) is 4.68 Å². The number of H-pyrrole nitrogens is 1. The molecule has 0 atom stereocenters. The molecule has 30 heavy (non-hydrogen) atoms. The number of hydrogen-bond acceptors (Lipinski definition) is 4. The zero-order valence-corrected chi connectivity index (χ0v) is 17.8. The molecule has 0 radical (unpaired) electrons. The highest BCUT2D eigenvalue weighted by molar-refractivity contribution is 7.98. The molecule has 1 aromatic heterocycles. The standard InChI is InChI=1S/C23H19ClN4OS/c1-16-7-11-18(12-8-16)25-26-22-21(15-30-20-13-9-17(24)10-14-20)27-28(23(22)29)19-5-3-2-4-6-19/h2-14,27H,15H2,1H3. The number of thioether (sulfide) groups is 1. The summed E-state index contributed by atoms with van der Waals surface area (Å²) in [4.78, 5) is 14.1. The molecule has 3 aromatic carbocycles. The van der Waals surface area contributed by atoms with Gasteiger partial charge in [0, 0.05) is 15.7 Å². The van der Waals surface area contributed by atoms with E-state index >= 15 is 0 Å². The molecular weight excluding hydrogens is 416 g/mol. The summed E-state index contributed by atoms with van der Waals surface area (Å²) in [5.41, 5.74) is 3.37. The van der Waals surface area contributed by atoms with Crippen LogP contribution in [-0.4, -0.2) is 9.78 Å². The Hall–Kier alpha value is -3.09. The maximum absolute atomic E-state index is 13.1. The lowest BCUT2D eigenvalue weighted by Crippen LogP contribution is -2.13. The second-order valence-electron chi connectivity index (χ2n) is 6.69. The zero-order chi connectivity index (χ0) is 20.9. The number of azo groups is 1. The van der Waals surface area contributed by atoms with Crippen molar-refractivity contribution in [3.63, 3.8) is 0 Å². The van der Waals surface area contributed by atoms with E-state index in [1.54, 1.807) is 11.8 Å². The van der Waals surface area contributed by atoms with Crippen LogP contribution in [0.3, 0.4) is 0 Å². The highest BCUT2D eigenvalue weighted by Crippen LogP contribution is 2.28. The molecule has 0 fully saturated rings. The largest absolute Gasteiger partial charge is 0.299 e. The summed E-state index contributed by atoms with van der Waals surface area (Å²) in [7, 11) is 0. The fourth-order valence-corrected chi connectivity index (χ4v) is 3.81. The van der Waals surface area contributed by atoms with Gasteiger partial charge in [0.1, 0.15) is 0 Å². The number of benzene rings is 3. The van der Waals surface area contributed by atoms with Crippen LogP contribution in [0.2, 0.25) is 5.02 Å². The summed E-state index contributed by atoms with van der Waals surface area (Å²) in [5, 5.41) is 12.5. The van der Waals surface area contributed by atoms with Crippen LogP contribution in [0.1, 0.15) is 11.3 Å². The van der Waals surface area contributed by atoms with E-state index in [9.17, 15) is 4.79 Å². The van der Waals surface area contributed by atoms with Crippen LogP contribution in [0.25, 0.3) is 5.69 Å². The lowest BCUT2D eigenvalue weighted by Gasteiger charge is -2.02. The second-order valence-corrected chi connectivity index (χ2v) is 8.18. The van der Waals surface area contributed by atoms with Crippen LogP contribution in [-0.2, 0) is 5.75 Å². The van der Waals surface area contributed by atoms with Gasteiger partial charge in [0.2, 0.25) is 0 Å². The number of nitrogens with zero attached hydrogens (tertiary/aromatic N) is 3. The molecule has 150 valence electrons. The minimum Gasteiger partial charge on any atom is -0.292 e. The maximum atomic E-state index is 13.1. The highest BCUT2D eigenvalue weighted by atomic mass is 35.5. The third kappa shape index (κ3) is 4.72. The Balaban J connectivity index is 1.68. The van der Waals surface area contributed by atoms with Crippen molar-refractivity contribution < 1.29 is 0 Å². The molecule has 0 saturated carbocycles. The Bertz CT molecular complexity index is 1210. The third-order valence-electron chi connectivity index (χ3n) is 4.45. The first kappa shape index (κ1) is 20.2. The van der Waals surface area contributed by atoms with Gasteiger partial charge < -0.3 is 0 Å². The number of rotatable bonds is 6. The van der Waals surface area contributed by atoms with Gasteiger partial charge in [-0.15, -0.1) is 16.9 Å². The van der Waals surface area contributed by atoms with Gasteiger partial charge in [-0.2, -0.15) is 5.11 Å². The Morgan fingerprint density at radius 3 is 2.33 bits per heavy atom. The van der Waals surface area contributed by atoms with Crippen LogP contribution >= 0.6 is 23.4 Å². The van der Waals surface area contributed by atoms with E-state index in [0.29, 0.717) is 27.8 Å². The molecule has 5 nitrogen and oxygen atoms in total. The highest BCUT2D eigenvalue weighted by Gasteiger charge is 2.15. The van der Waals surface area contributed by atoms with Gasteiger partial charge >= 0.3 is 0 Å². The van der Waals surface area contributed by atoms with Gasteiger partial charge in [0.15, 0.2) is 5.69 Å². The Labute approximate surface area is 183 Å². The fourth-order valence-electron chi connectivity index (χ4n) is 2.84. The molecule has 0 aliphatic heterocycles. The lowest BCUT2D eigenvalue weighted by atomic mass is 10.2. The molecule has 0 amide bonds. The first-order chi connectivity index (χ1) is 14.6. The molecule has 7 heteroatoms. The van der Waals surface area contributed by atoms with Crippen LogP contribution in [0.15, 0.2) is 98.8 Å². The fraction of sp³-hybridized carbons (Fsp3) is 0.0870. The monoisotopic (exact) mass is 434 g/mol. The molecule has 0 aliphatic rings. The normalized spacial score (nSPS) is 11.3. The van der Waals surface area contributed by atoms with E-state index in [1.807, 2.05) is 85.8 Å². The zero-order valence-electron chi connectivity index (χ0n) is 16.2. The molecule has 4 aromatic rings. The summed E-state index contributed by atoms with van der Waals surface area (Å²) >= 11 is 7.56. The predicted molar refractivity (Wildman–Crippen MR) is 123 cm³/mol. The van der Waals surface area contributed by atoms with E-state index < -0.39 is 0 Å². The third-order valence-corrected chi connectivity index (χ3v) is 5.74. The van der Waals surface area contributed by atoms with Crippen molar-refractivity contribution in [1.82, 2.24) is 9.78 Å². The smallest absolute Gasteiger partial charge is 0.292 e. The van der Waals surface area contributed by atoms with Crippen molar-refractivity contribution in [1.29, 1.82) is 0 Å². The number of nitrogens with one attached hydrogen (secondary N) is 1. The van der Waals surface area contributed by atoms with Gasteiger partial charge in [-0.3, -0.25) is 9.89 Å². The van der Waals surface area contributed by atoms with Crippen molar-refractivity contribution in [3.8, 4) is 5.69 Å². The molecule has 0 bridgehead atoms. The molecule has 1 heterocycles. The predicted octanol–water partition coefficient (Wildman–Crippen LogP) is 6.84. The molecular formula is C23H19ClN4OS. The number of halogens is 1. The molecule has 0 aliphatic carbocycles. The van der Waals surface area contributed by atoms with Crippen molar-refractivity contribution in [2.24, 2.45) is 10.2 Å². The number of aryl methyl sites for hydroxylation is 1. The average Bonchev–Trinajstić information content (AvgIpc) is 3.09. The molecule has 0 spiro atoms. The van der Waals surface area contributed by atoms with Crippen LogP contribution in [0.5, 0.6) is 0 Å².